The molecule has 2 rings (SSSR count). The molecule has 0 atom stereocenters. The topological polar surface area (TPSA) is 38.0 Å². The molecule has 2 nitrogen and oxygen atoms in total. The Bertz CT molecular complexity index is 552. The smallest absolute Gasteiger partial charge is 0.123 e. The lowest BCUT2D eigenvalue weighted by molar-refractivity contribution is 0.627. The van der Waals surface area contributed by atoms with Gasteiger partial charge in [0.15, 0.2) is 0 Å². The Hall–Kier alpha value is -1.74. The molecule has 0 aromatic heterocycles. The maximum Gasteiger partial charge on any atom is 0.123 e. The quantitative estimate of drug-likeness (QED) is 0.823. The minimum atomic E-state index is -0.239. The summed E-state index contributed by atoms with van der Waals surface area (Å²) in [6.45, 7) is 2.48. The van der Waals surface area contributed by atoms with E-state index >= 15 is 0 Å². The van der Waals surface area contributed by atoms with E-state index in [2.05, 4.69) is 5.32 Å². The first-order valence-corrected chi connectivity index (χ1v) is 5.98. The van der Waals surface area contributed by atoms with E-state index in [4.69, 9.17) is 17.3 Å². The van der Waals surface area contributed by atoms with Crippen LogP contribution in [0.2, 0.25) is 5.02 Å². The van der Waals surface area contributed by atoms with Gasteiger partial charge in [0, 0.05) is 11.6 Å². The van der Waals surface area contributed by atoms with Crippen molar-refractivity contribution in [3.63, 3.8) is 0 Å². The van der Waals surface area contributed by atoms with E-state index in [1.165, 1.54) is 12.1 Å². The highest BCUT2D eigenvalue weighted by Crippen LogP contribution is 2.27. The summed E-state index contributed by atoms with van der Waals surface area (Å²) in [5.41, 5.74) is 9.26. The van der Waals surface area contributed by atoms with Gasteiger partial charge in [0.05, 0.1) is 11.4 Å². The normalized spacial score (nSPS) is 10.4. The molecule has 3 N–H and O–H groups in total. The third-order valence-corrected chi connectivity index (χ3v) is 3.13. The monoisotopic (exact) mass is 264 g/mol. The third kappa shape index (κ3) is 2.93. The van der Waals surface area contributed by atoms with Crippen LogP contribution < -0.4 is 11.1 Å². The van der Waals surface area contributed by atoms with E-state index in [9.17, 15) is 4.39 Å². The Kier molecular flexibility index (Phi) is 3.72. The summed E-state index contributed by atoms with van der Waals surface area (Å²) < 4.78 is 12.8. The van der Waals surface area contributed by atoms with E-state index in [1.807, 2.05) is 13.0 Å². The van der Waals surface area contributed by atoms with Crippen molar-refractivity contribution in [1.82, 2.24) is 0 Å². The first-order valence-electron chi connectivity index (χ1n) is 5.60. The molecule has 0 aliphatic heterocycles. The van der Waals surface area contributed by atoms with Crippen molar-refractivity contribution in [2.45, 2.75) is 13.5 Å². The molecule has 94 valence electrons. The van der Waals surface area contributed by atoms with Crippen molar-refractivity contribution in [1.29, 1.82) is 0 Å². The molecule has 2 aromatic rings. The molecule has 0 bridgehead atoms. The number of hydrogen-bond acceptors (Lipinski definition) is 2. The Morgan fingerprint density at radius 2 is 1.89 bits per heavy atom. The Morgan fingerprint density at radius 3 is 2.56 bits per heavy atom. The molecular weight excluding hydrogens is 251 g/mol. The van der Waals surface area contributed by atoms with E-state index in [0.717, 1.165) is 16.8 Å². The van der Waals surface area contributed by atoms with Crippen molar-refractivity contribution in [2.24, 2.45) is 0 Å². The van der Waals surface area contributed by atoms with Gasteiger partial charge < -0.3 is 11.1 Å². The molecule has 0 fully saturated rings. The van der Waals surface area contributed by atoms with E-state index < -0.39 is 0 Å². The molecule has 0 saturated heterocycles. The largest absolute Gasteiger partial charge is 0.397 e. The lowest BCUT2D eigenvalue weighted by atomic mass is 10.1. The van der Waals surface area contributed by atoms with Gasteiger partial charge in [-0.25, -0.2) is 4.39 Å². The van der Waals surface area contributed by atoms with Crippen molar-refractivity contribution in [3.05, 3.63) is 58.4 Å². The summed E-state index contributed by atoms with van der Waals surface area (Å²) in [5, 5.41) is 3.86. The van der Waals surface area contributed by atoms with Crippen molar-refractivity contribution in [3.8, 4) is 0 Å². The predicted molar refractivity (Wildman–Crippen MR) is 74.3 cm³/mol. The summed E-state index contributed by atoms with van der Waals surface area (Å²) >= 11 is 6.04. The van der Waals surface area contributed by atoms with Gasteiger partial charge in [-0.15, -0.1) is 0 Å². The molecule has 0 spiro atoms. The minimum absolute atomic E-state index is 0.239. The Balaban J connectivity index is 2.10. The van der Waals surface area contributed by atoms with Crippen LogP contribution in [0, 0.1) is 12.7 Å². The molecule has 18 heavy (non-hydrogen) atoms. The zero-order valence-corrected chi connectivity index (χ0v) is 10.8. The second-order valence-corrected chi connectivity index (χ2v) is 4.58. The Labute approximate surface area is 111 Å². The van der Waals surface area contributed by atoms with Crippen LogP contribution in [0.5, 0.6) is 0 Å². The highest BCUT2D eigenvalue weighted by Gasteiger charge is 2.03. The second-order valence-electron chi connectivity index (χ2n) is 4.17. The van der Waals surface area contributed by atoms with Gasteiger partial charge in [0.2, 0.25) is 0 Å². The molecule has 0 saturated carbocycles. The SMILES string of the molecule is Cc1cc(N)c(NCc2ccc(F)cc2)cc1Cl. The Morgan fingerprint density at radius 1 is 1.22 bits per heavy atom. The number of aryl methyl sites for hydroxylation is 1. The highest BCUT2D eigenvalue weighted by molar-refractivity contribution is 6.31. The number of anilines is 2. The third-order valence-electron chi connectivity index (χ3n) is 2.73. The molecule has 0 radical (unpaired) electrons. The van der Waals surface area contributed by atoms with Crippen LogP contribution in [-0.2, 0) is 6.54 Å². The number of nitrogens with two attached hydrogens (primary N) is 1. The summed E-state index contributed by atoms with van der Waals surface area (Å²) in [4.78, 5) is 0. The number of rotatable bonds is 3. The van der Waals surface area contributed by atoms with Crippen LogP contribution >= 0.6 is 11.6 Å². The van der Waals surface area contributed by atoms with Gasteiger partial charge in [0.1, 0.15) is 5.82 Å². The number of nitrogen functional groups attached to an aromatic ring is 1. The van der Waals surface area contributed by atoms with E-state index in [-0.39, 0.29) is 5.82 Å². The fourth-order valence-electron chi connectivity index (χ4n) is 1.66. The fourth-order valence-corrected chi connectivity index (χ4v) is 1.82. The molecule has 0 heterocycles. The van der Waals surface area contributed by atoms with E-state index in [0.29, 0.717) is 17.3 Å². The second kappa shape index (κ2) is 5.27. The predicted octanol–water partition coefficient (Wildman–Crippen LogP) is 3.98. The maximum absolute atomic E-state index is 12.8. The van der Waals surface area contributed by atoms with Crippen LogP contribution in [0.25, 0.3) is 0 Å². The van der Waals surface area contributed by atoms with Crippen LogP contribution in [0.1, 0.15) is 11.1 Å². The van der Waals surface area contributed by atoms with Crippen molar-refractivity contribution >= 4 is 23.0 Å². The van der Waals surface area contributed by atoms with Crippen LogP contribution in [0.4, 0.5) is 15.8 Å². The summed E-state index contributed by atoms with van der Waals surface area (Å²) in [5.74, 6) is -0.239. The average molecular weight is 265 g/mol. The molecule has 4 heteroatoms. The van der Waals surface area contributed by atoms with Gasteiger partial charge in [-0.2, -0.15) is 0 Å². The molecule has 0 aliphatic carbocycles. The molecule has 0 aliphatic rings. The first-order chi connectivity index (χ1) is 8.56. The summed E-state index contributed by atoms with van der Waals surface area (Å²) in [6, 6.07) is 9.96. The number of benzene rings is 2. The number of halogens is 2. The molecule has 0 amide bonds. The van der Waals surface area contributed by atoms with Gasteiger partial charge in [-0.3, -0.25) is 0 Å². The zero-order valence-electron chi connectivity index (χ0n) is 10.0. The molecule has 2 aromatic carbocycles. The zero-order chi connectivity index (χ0) is 13.1. The number of nitrogens with one attached hydrogen (secondary N) is 1. The summed E-state index contributed by atoms with van der Waals surface area (Å²) in [7, 11) is 0. The molecular formula is C14H14ClFN2. The first kappa shape index (κ1) is 12.7. The fraction of sp³-hybridized carbons (Fsp3) is 0.143. The van der Waals surface area contributed by atoms with Gasteiger partial charge >= 0.3 is 0 Å². The summed E-state index contributed by atoms with van der Waals surface area (Å²) in [6.07, 6.45) is 0. The average Bonchev–Trinajstić information content (AvgIpc) is 2.34. The van der Waals surface area contributed by atoms with Crippen LogP contribution in [0.3, 0.4) is 0 Å². The van der Waals surface area contributed by atoms with Gasteiger partial charge in [-0.1, -0.05) is 23.7 Å². The van der Waals surface area contributed by atoms with Crippen LogP contribution in [0.15, 0.2) is 36.4 Å². The highest BCUT2D eigenvalue weighted by atomic mass is 35.5. The molecule has 0 unspecified atom stereocenters. The number of hydrogen-bond donors (Lipinski definition) is 2. The standard InChI is InChI=1S/C14H14ClFN2/c1-9-6-13(17)14(7-12(9)15)18-8-10-2-4-11(16)5-3-10/h2-7,18H,8,17H2,1H3. The lowest BCUT2D eigenvalue weighted by Gasteiger charge is -2.11. The lowest BCUT2D eigenvalue weighted by Crippen LogP contribution is -2.03. The van der Waals surface area contributed by atoms with E-state index in [1.54, 1.807) is 18.2 Å². The van der Waals surface area contributed by atoms with Crippen molar-refractivity contribution < 1.29 is 4.39 Å². The minimum Gasteiger partial charge on any atom is -0.397 e. The van der Waals surface area contributed by atoms with Gasteiger partial charge in [0.25, 0.3) is 0 Å². The van der Waals surface area contributed by atoms with Gasteiger partial charge in [-0.05, 0) is 42.3 Å². The van der Waals surface area contributed by atoms with Crippen LogP contribution in [-0.4, -0.2) is 0 Å². The maximum atomic E-state index is 12.8. The van der Waals surface area contributed by atoms with Crippen molar-refractivity contribution in [2.75, 3.05) is 11.1 Å².